The first-order valence-electron chi connectivity index (χ1n) is 3.16. The molecule has 100 valence electrons. The Kier molecular flexibility index (Phi) is 5.87. The molecule has 0 aliphatic rings. The van der Waals surface area contributed by atoms with E-state index >= 15 is 0 Å². The number of rotatable bonds is 1. The van der Waals surface area contributed by atoms with Gasteiger partial charge in [0.1, 0.15) is 0 Å². The molecule has 0 fully saturated rings. The van der Waals surface area contributed by atoms with Gasteiger partial charge in [-0.15, -0.1) is 0 Å². The molecular formula is C6H5F5O5Se. The van der Waals surface area contributed by atoms with Crippen LogP contribution in [0.15, 0.2) is 0 Å². The first kappa shape index (κ1) is 18.2. The van der Waals surface area contributed by atoms with E-state index in [0.717, 1.165) is 0 Å². The predicted molar refractivity (Wildman–Crippen MR) is 42.4 cm³/mol. The molecule has 1 aromatic rings. The van der Waals surface area contributed by atoms with Crippen LogP contribution in [-0.4, -0.2) is 28.2 Å². The Morgan fingerprint density at radius 1 is 0.706 bits per heavy atom. The molecule has 1 rings (SSSR count). The molecule has 0 heterocycles. The van der Waals surface area contributed by atoms with E-state index in [1.165, 1.54) is 0 Å². The number of halogens is 5. The quantitative estimate of drug-likeness (QED) is 0.299. The zero-order valence-electron chi connectivity index (χ0n) is 7.56. The molecule has 0 radical (unpaired) electrons. The van der Waals surface area contributed by atoms with E-state index in [-0.39, 0.29) is 11.0 Å². The van der Waals surface area contributed by atoms with Gasteiger partial charge >= 0.3 is 80.4 Å². The normalized spacial score (nSPS) is 10.5. The van der Waals surface area contributed by atoms with Gasteiger partial charge in [0.15, 0.2) is 0 Å². The fourth-order valence-corrected chi connectivity index (χ4v) is 2.14. The molecule has 5 N–H and O–H groups in total. The van der Waals surface area contributed by atoms with Gasteiger partial charge in [-0.3, -0.25) is 0 Å². The van der Waals surface area contributed by atoms with Crippen LogP contribution in [0.2, 0.25) is 0 Å². The van der Waals surface area contributed by atoms with E-state index in [0.29, 0.717) is 0 Å². The van der Waals surface area contributed by atoms with Gasteiger partial charge in [-0.2, -0.15) is 0 Å². The van der Waals surface area contributed by atoms with Gasteiger partial charge in [-0.25, -0.2) is 0 Å². The van der Waals surface area contributed by atoms with Gasteiger partial charge in [-0.05, 0) is 0 Å². The zero-order valence-corrected chi connectivity index (χ0v) is 9.27. The van der Waals surface area contributed by atoms with Crippen molar-refractivity contribution in [3.63, 3.8) is 0 Å². The van der Waals surface area contributed by atoms with E-state index in [2.05, 4.69) is 0 Å². The van der Waals surface area contributed by atoms with Crippen LogP contribution in [-0.2, 0) is 7.67 Å². The number of benzene rings is 1. The van der Waals surface area contributed by atoms with E-state index in [4.69, 9.17) is 4.19 Å². The average Bonchev–Trinajstić information content (AvgIpc) is 2.09. The van der Waals surface area contributed by atoms with Crippen molar-refractivity contribution in [3.8, 4) is 0 Å². The maximum atomic E-state index is 12.7. The standard InChI is InChI=1S/C6HF5O3Se.2H2O/c7-1-2(8)4(10)6(15(12,13)14)5(11)3(1)9;;/h(H,12,13,14);2*1H2. The summed E-state index contributed by atoms with van der Waals surface area (Å²) < 4.78 is 89.4. The molecule has 0 aliphatic heterocycles. The monoisotopic (exact) mass is 332 g/mol. The van der Waals surface area contributed by atoms with Gasteiger partial charge in [-0.1, -0.05) is 0 Å². The Morgan fingerprint density at radius 2 is 0.941 bits per heavy atom. The van der Waals surface area contributed by atoms with Crippen LogP contribution in [0.1, 0.15) is 0 Å². The SMILES string of the molecule is O.O.O=[Se](=O)(O)c1c(F)c(F)c(F)c(F)c1F. The van der Waals surface area contributed by atoms with Crippen molar-refractivity contribution in [2.24, 2.45) is 0 Å². The predicted octanol–water partition coefficient (Wildman–Crippen LogP) is -1.27. The maximum absolute atomic E-state index is 12.7. The van der Waals surface area contributed by atoms with Crippen LogP contribution >= 0.6 is 0 Å². The van der Waals surface area contributed by atoms with Crippen molar-refractivity contribution in [2.75, 3.05) is 0 Å². The molecule has 0 unspecified atom stereocenters. The second-order valence-corrected chi connectivity index (χ2v) is 5.22. The summed E-state index contributed by atoms with van der Waals surface area (Å²) in [6.07, 6.45) is 0. The molecule has 0 bridgehead atoms. The van der Waals surface area contributed by atoms with E-state index < -0.39 is 46.6 Å². The Hall–Kier alpha value is -1.13. The molecule has 0 amide bonds. The molecule has 0 atom stereocenters. The Balaban J connectivity index is 0. The van der Waals surface area contributed by atoms with Crippen LogP contribution in [0.4, 0.5) is 22.0 Å². The van der Waals surface area contributed by atoms with Crippen molar-refractivity contribution >= 4 is 17.5 Å². The minimum atomic E-state index is -6.29. The zero-order chi connectivity index (χ0) is 12.0. The fraction of sp³-hybridized carbons (Fsp3) is 0. The molecule has 0 aromatic heterocycles. The van der Waals surface area contributed by atoms with E-state index in [9.17, 15) is 29.6 Å². The van der Waals surface area contributed by atoms with E-state index in [1.807, 2.05) is 0 Å². The molecule has 0 spiro atoms. The van der Waals surface area contributed by atoms with Crippen molar-refractivity contribution in [1.29, 1.82) is 0 Å². The topological polar surface area (TPSA) is 117 Å². The van der Waals surface area contributed by atoms with Gasteiger partial charge in [0.2, 0.25) is 0 Å². The van der Waals surface area contributed by atoms with Crippen LogP contribution in [0, 0.1) is 29.1 Å². The molecule has 0 aliphatic carbocycles. The number of hydrogen-bond acceptors (Lipinski definition) is 2. The van der Waals surface area contributed by atoms with Crippen LogP contribution in [0.25, 0.3) is 0 Å². The summed E-state index contributed by atoms with van der Waals surface area (Å²) in [7, 11) is 0. The average molecular weight is 331 g/mol. The summed E-state index contributed by atoms with van der Waals surface area (Å²) in [6, 6.07) is 0. The van der Waals surface area contributed by atoms with Crippen molar-refractivity contribution < 1.29 is 44.8 Å². The third-order valence-electron chi connectivity index (χ3n) is 1.43. The van der Waals surface area contributed by atoms with Gasteiger partial charge in [0.05, 0.1) is 0 Å². The Labute approximate surface area is 92.1 Å². The van der Waals surface area contributed by atoms with Gasteiger partial charge < -0.3 is 11.0 Å². The van der Waals surface area contributed by atoms with Crippen molar-refractivity contribution in [3.05, 3.63) is 29.1 Å². The van der Waals surface area contributed by atoms with Crippen LogP contribution in [0.5, 0.6) is 0 Å². The Bertz CT molecular complexity index is 499. The van der Waals surface area contributed by atoms with Gasteiger partial charge in [0, 0.05) is 0 Å². The summed E-state index contributed by atoms with van der Waals surface area (Å²) in [5.74, 6) is -12.5. The van der Waals surface area contributed by atoms with Crippen molar-refractivity contribution in [1.82, 2.24) is 0 Å². The summed E-state index contributed by atoms with van der Waals surface area (Å²) in [6.45, 7) is 0. The first-order chi connectivity index (χ1) is 6.68. The minimum absolute atomic E-state index is 0. The second kappa shape index (κ2) is 5.47. The molecule has 17 heavy (non-hydrogen) atoms. The summed E-state index contributed by atoms with van der Waals surface area (Å²) in [4.78, 5) is 0. The number of hydrogen-bond donors (Lipinski definition) is 1. The Morgan fingerprint density at radius 3 is 1.18 bits per heavy atom. The van der Waals surface area contributed by atoms with E-state index in [1.54, 1.807) is 0 Å². The van der Waals surface area contributed by atoms with Gasteiger partial charge in [0.25, 0.3) is 0 Å². The summed E-state index contributed by atoms with van der Waals surface area (Å²) in [5.41, 5.74) is 0. The summed E-state index contributed by atoms with van der Waals surface area (Å²) >= 11 is -6.29. The first-order valence-corrected chi connectivity index (χ1v) is 6.19. The molecule has 5 nitrogen and oxygen atoms in total. The molecule has 1 aromatic carbocycles. The van der Waals surface area contributed by atoms with Crippen LogP contribution in [0.3, 0.4) is 0 Å². The molecule has 0 saturated carbocycles. The third-order valence-corrected chi connectivity index (χ3v) is 3.26. The summed E-state index contributed by atoms with van der Waals surface area (Å²) in [5, 5.41) is 0. The second-order valence-electron chi connectivity index (χ2n) is 2.37. The molecular weight excluding hydrogens is 326 g/mol. The molecule has 11 heteroatoms. The van der Waals surface area contributed by atoms with Crippen molar-refractivity contribution in [2.45, 2.75) is 0 Å². The molecule has 0 saturated heterocycles. The third kappa shape index (κ3) is 2.95. The van der Waals surface area contributed by atoms with Crippen LogP contribution < -0.4 is 4.46 Å². The fourth-order valence-electron chi connectivity index (χ4n) is 0.811.